The number of hydrogen-bond acceptors (Lipinski definition) is 8. The Labute approximate surface area is 245 Å². The molecule has 8 heteroatoms. The number of esters is 2. The highest BCUT2D eigenvalue weighted by molar-refractivity contribution is 6.09. The van der Waals surface area contributed by atoms with Crippen molar-refractivity contribution in [2.75, 3.05) is 14.2 Å². The van der Waals surface area contributed by atoms with Crippen molar-refractivity contribution in [3.8, 4) is 17.2 Å². The zero-order valence-corrected chi connectivity index (χ0v) is 24.1. The Kier molecular flexibility index (Phi) is 8.52. The number of ketones is 1. The monoisotopic (exact) mass is 567 g/mol. The maximum absolute atomic E-state index is 13.9. The van der Waals surface area contributed by atoms with E-state index in [1.807, 2.05) is 54.6 Å². The van der Waals surface area contributed by atoms with E-state index in [0.717, 1.165) is 16.9 Å². The highest BCUT2D eigenvalue weighted by Gasteiger charge is 2.45. The molecule has 1 heterocycles. The van der Waals surface area contributed by atoms with Crippen molar-refractivity contribution in [2.24, 2.45) is 10.9 Å². The average molecular weight is 568 g/mol. The van der Waals surface area contributed by atoms with Gasteiger partial charge in [0.2, 0.25) is 0 Å². The molecule has 8 nitrogen and oxygen atoms in total. The molecule has 0 spiro atoms. The first-order valence-corrected chi connectivity index (χ1v) is 13.8. The first-order chi connectivity index (χ1) is 20.3. The number of nitrogens with zero attached hydrogens (tertiary/aromatic N) is 1. The average Bonchev–Trinajstić information content (AvgIpc) is 2.99. The van der Waals surface area contributed by atoms with E-state index in [2.05, 4.69) is 0 Å². The summed E-state index contributed by atoms with van der Waals surface area (Å²) in [5.74, 6) is -1.23. The van der Waals surface area contributed by atoms with Gasteiger partial charge in [0.15, 0.2) is 17.3 Å². The Bertz CT molecular complexity index is 1560. The molecule has 2 aliphatic rings. The van der Waals surface area contributed by atoms with E-state index < -0.39 is 23.8 Å². The predicted octanol–water partition coefficient (Wildman–Crippen LogP) is 5.95. The molecule has 3 atom stereocenters. The van der Waals surface area contributed by atoms with Gasteiger partial charge in [-0.15, -0.1) is 0 Å². The van der Waals surface area contributed by atoms with Crippen LogP contribution >= 0.6 is 0 Å². The number of benzene rings is 3. The van der Waals surface area contributed by atoms with Gasteiger partial charge in [-0.1, -0.05) is 48.5 Å². The second kappa shape index (κ2) is 12.4. The van der Waals surface area contributed by atoms with Gasteiger partial charge in [0.25, 0.3) is 0 Å². The number of Topliss-reactive ketones (excluding diaryl/α,β-unsaturated/α-hetero) is 1. The number of carbonyl (C=O) groups is 3. The molecular weight excluding hydrogens is 534 g/mol. The van der Waals surface area contributed by atoms with Gasteiger partial charge in [-0.25, -0.2) is 0 Å². The molecule has 1 aliphatic carbocycles. The number of rotatable bonds is 8. The molecule has 216 valence electrons. The Hall–Kier alpha value is -4.72. The van der Waals surface area contributed by atoms with E-state index in [-0.39, 0.29) is 30.5 Å². The van der Waals surface area contributed by atoms with Gasteiger partial charge in [0, 0.05) is 36.2 Å². The first kappa shape index (κ1) is 28.8. The molecule has 1 unspecified atom stereocenters. The molecule has 0 N–H and O–H groups in total. The number of methoxy groups -OCH3 is 2. The molecule has 1 aliphatic heterocycles. The molecule has 0 saturated carbocycles. The van der Waals surface area contributed by atoms with Gasteiger partial charge in [-0.3, -0.25) is 19.4 Å². The van der Waals surface area contributed by atoms with Crippen molar-refractivity contribution in [1.29, 1.82) is 0 Å². The SMILES string of the molecule is COc1ccc([C@@H]2CC(=O)C3=C(C2)N=C(C)C(C(=O)OCc2ccccc2)[C@H]3c2ccc(OC(C)=O)c(OC)c2)cc1. The van der Waals surface area contributed by atoms with Gasteiger partial charge in [0.05, 0.1) is 14.2 Å². The lowest BCUT2D eigenvalue weighted by Gasteiger charge is -2.36. The predicted molar refractivity (Wildman–Crippen MR) is 157 cm³/mol. The van der Waals surface area contributed by atoms with Crippen molar-refractivity contribution in [3.63, 3.8) is 0 Å². The van der Waals surface area contributed by atoms with E-state index >= 15 is 0 Å². The van der Waals surface area contributed by atoms with Crippen LogP contribution in [0.4, 0.5) is 0 Å². The number of ether oxygens (including phenoxy) is 4. The van der Waals surface area contributed by atoms with Crippen LogP contribution in [0.5, 0.6) is 17.2 Å². The van der Waals surface area contributed by atoms with Crippen LogP contribution in [0.15, 0.2) is 89.1 Å². The lowest BCUT2D eigenvalue weighted by molar-refractivity contribution is -0.148. The highest BCUT2D eigenvalue weighted by Crippen LogP contribution is 2.48. The summed E-state index contributed by atoms with van der Waals surface area (Å²) in [5, 5.41) is 0. The van der Waals surface area contributed by atoms with Crippen LogP contribution in [-0.4, -0.2) is 37.7 Å². The van der Waals surface area contributed by atoms with Crippen LogP contribution in [0, 0.1) is 5.92 Å². The molecule has 3 aromatic carbocycles. The third kappa shape index (κ3) is 5.98. The van der Waals surface area contributed by atoms with Gasteiger partial charge in [-0.05, 0) is 60.2 Å². The van der Waals surface area contributed by atoms with Gasteiger partial charge < -0.3 is 18.9 Å². The molecule has 0 saturated heterocycles. The van der Waals surface area contributed by atoms with Crippen LogP contribution in [0.25, 0.3) is 0 Å². The molecule has 0 aromatic heterocycles. The van der Waals surface area contributed by atoms with Crippen LogP contribution in [0.3, 0.4) is 0 Å². The van der Waals surface area contributed by atoms with E-state index in [9.17, 15) is 14.4 Å². The maximum Gasteiger partial charge on any atom is 0.315 e. The van der Waals surface area contributed by atoms with Crippen LogP contribution in [-0.2, 0) is 25.7 Å². The lowest BCUT2D eigenvalue weighted by Crippen LogP contribution is -2.38. The summed E-state index contributed by atoms with van der Waals surface area (Å²) in [5.41, 5.74) is 4.30. The zero-order valence-electron chi connectivity index (χ0n) is 24.1. The summed E-state index contributed by atoms with van der Waals surface area (Å²) < 4.78 is 21.9. The van der Waals surface area contributed by atoms with E-state index in [1.54, 1.807) is 32.2 Å². The van der Waals surface area contributed by atoms with Gasteiger partial charge in [-0.2, -0.15) is 0 Å². The fourth-order valence-corrected chi connectivity index (χ4v) is 5.77. The first-order valence-electron chi connectivity index (χ1n) is 13.8. The summed E-state index contributed by atoms with van der Waals surface area (Å²) in [7, 11) is 3.09. The summed E-state index contributed by atoms with van der Waals surface area (Å²) in [6.07, 6.45) is 0.834. The normalized spacial score (nSPS) is 19.9. The molecule has 0 fully saturated rings. The molecule has 3 aromatic rings. The Morgan fingerprint density at radius 2 is 1.60 bits per heavy atom. The van der Waals surface area contributed by atoms with E-state index in [1.165, 1.54) is 14.0 Å². The second-order valence-electron chi connectivity index (χ2n) is 10.5. The van der Waals surface area contributed by atoms with Crippen molar-refractivity contribution < 1.29 is 33.3 Å². The van der Waals surface area contributed by atoms with Crippen LogP contribution < -0.4 is 14.2 Å². The molecular formula is C34H33NO7. The summed E-state index contributed by atoms with van der Waals surface area (Å²) in [6, 6.07) is 22.2. The van der Waals surface area contributed by atoms with Gasteiger partial charge in [0.1, 0.15) is 18.3 Å². The molecule has 0 radical (unpaired) electrons. The minimum absolute atomic E-state index is 0.0539. The van der Waals surface area contributed by atoms with Crippen LogP contribution in [0.2, 0.25) is 0 Å². The molecule has 42 heavy (non-hydrogen) atoms. The minimum atomic E-state index is -0.821. The topological polar surface area (TPSA) is 100 Å². The van der Waals surface area contributed by atoms with Crippen molar-refractivity contribution >= 4 is 23.4 Å². The Morgan fingerprint density at radius 3 is 2.26 bits per heavy atom. The standard InChI is InChI=1S/C34H33NO7/c1-20-31(34(38)41-19-22-8-6-5-7-9-22)32(24-12-15-29(42-21(2)36)30(18-24)40-4)33-27(35-20)16-25(17-28(33)37)23-10-13-26(39-3)14-11-23/h5-15,18,25,31-32H,16-17,19H2,1-4H3/t25-,31?,32+/m0/s1. The zero-order chi connectivity index (χ0) is 29.8. The van der Waals surface area contributed by atoms with Crippen molar-refractivity contribution in [2.45, 2.75) is 45.1 Å². The molecule has 0 amide bonds. The van der Waals surface area contributed by atoms with Gasteiger partial charge >= 0.3 is 11.9 Å². The molecule has 0 bridgehead atoms. The Morgan fingerprint density at radius 1 is 0.881 bits per heavy atom. The third-order valence-electron chi connectivity index (χ3n) is 7.75. The third-order valence-corrected chi connectivity index (χ3v) is 7.75. The van der Waals surface area contributed by atoms with Crippen molar-refractivity contribution in [1.82, 2.24) is 0 Å². The fraction of sp³-hybridized carbons (Fsp3) is 0.294. The largest absolute Gasteiger partial charge is 0.497 e. The number of aliphatic imine (C=N–C) groups is 1. The lowest BCUT2D eigenvalue weighted by atomic mass is 9.69. The maximum atomic E-state index is 13.9. The van der Waals surface area contributed by atoms with E-state index in [4.69, 9.17) is 23.9 Å². The summed E-state index contributed by atoms with van der Waals surface area (Å²) in [6.45, 7) is 3.21. The highest BCUT2D eigenvalue weighted by atomic mass is 16.6. The fourth-order valence-electron chi connectivity index (χ4n) is 5.77. The van der Waals surface area contributed by atoms with Crippen LogP contribution in [0.1, 0.15) is 55.2 Å². The number of allylic oxidation sites excluding steroid dienone is 2. The smallest absolute Gasteiger partial charge is 0.315 e. The van der Waals surface area contributed by atoms with E-state index in [0.29, 0.717) is 34.7 Å². The van der Waals surface area contributed by atoms with Crippen molar-refractivity contribution in [3.05, 3.63) is 101 Å². The second-order valence-corrected chi connectivity index (χ2v) is 10.5. The number of hydrogen-bond donors (Lipinski definition) is 0. The number of carbonyl (C=O) groups excluding carboxylic acids is 3. The minimum Gasteiger partial charge on any atom is -0.497 e. The quantitative estimate of drug-likeness (QED) is 0.245. The molecule has 5 rings (SSSR count). The summed E-state index contributed by atoms with van der Waals surface area (Å²) >= 11 is 0. The Balaban J connectivity index is 1.54. The summed E-state index contributed by atoms with van der Waals surface area (Å²) in [4.78, 5) is 44.1.